The Bertz CT molecular complexity index is 1400. The molecule has 240 valence electrons. The van der Waals surface area contributed by atoms with Crippen molar-refractivity contribution in [1.29, 1.82) is 0 Å². The monoisotopic (exact) mass is 606 g/mol. The first kappa shape index (κ1) is 30.6. The molecule has 1 saturated heterocycles. The lowest BCUT2D eigenvalue weighted by molar-refractivity contribution is -0.192. The summed E-state index contributed by atoms with van der Waals surface area (Å²) in [6, 6.07) is 6.88. The number of hydrogen-bond donors (Lipinski definition) is 5. The fraction of sp³-hybridized carbons (Fsp3) is 0.703. The second-order valence-corrected chi connectivity index (χ2v) is 16.2. The molecule has 1 aliphatic heterocycles. The molecule has 5 aliphatic carbocycles. The van der Waals surface area contributed by atoms with Crippen LogP contribution in [-0.4, -0.2) is 66.9 Å². The molecule has 44 heavy (non-hydrogen) atoms. The van der Waals surface area contributed by atoms with Crippen LogP contribution in [0, 0.1) is 45.8 Å². The number of aromatic hydroxyl groups is 1. The van der Waals surface area contributed by atoms with E-state index in [4.69, 9.17) is 4.74 Å². The van der Waals surface area contributed by atoms with Crippen LogP contribution in [0.5, 0.6) is 5.75 Å². The van der Waals surface area contributed by atoms with Gasteiger partial charge in [-0.1, -0.05) is 58.9 Å². The lowest BCUT2D eigenvalue weighted by atomic mass is 9.39. The standard InChI is InChI=1S/C37H50O7/c1-20(2)21(3)31-32(44-31)36(42)13-6-7-23-15-25-26(37(43)14-12-29(36)34(23,37)5)16-30(41)35(17-22-8-10-24(38)11-9-22)19-28(40)27(39)18-33(25,35)4/h6-11,16,20-21,23,25,27-29,31-32,38-40,42-43H,12-15,17-19H2,1-5H3/t21-,23-,25+,27+,28-,29+,31+,32-,33-,34-,35+,36-,37-/m1/s1. The van der Waals surface area contributed by atoms with Crippen molar-refractivity contribution >= 4 is 5.78 Å². The van der Waals surface area contributed by atoms with Crippen LogP contribution >= 0.6 is 0 Å². The molecule has 7 rings (SSSR count). The minimum atomic E-state index is -1.30. The molecule has 7 nitrogen and oxygen atoms in total. The second kappa shape index (κ2) is 9.74. The smallest absolute Gasteiger partial charge is 0.162 e. The van der Waals surface area contributed by atoms with Gasteiger partial charge in [-0.15, -0.1) is 0 Å². The molecule has 0 aromatic heterocycles. The topological polar surface area (TPSA) is 131 Å². The lowest BCUT2D eigenvalue weighted by Gasteiger charge is -2.65. The number of epoxide rings is 1. The Labute approximate surface area is 261 Å². The Morgan fingerprint density at radius 1 is 1.02 bits per heavy atom. The van der Waals surface area contributed by atoms with Crippen molar-refractivity contribution in [2.75, 3.05) is 0 Å². The summed E-state index contributed by atoms with van der Waals surface area (Å²) < 4.78 is 6.25. The zero-order valence-corrected chi connectivity index (χ0v) is 26.7. The van der Waals surface area contributed by atoms with Crippen molar-refractivity contribution in [3.63, 3.8) is 0 Å². The maximum atomic E-state index is 14.6. The van der Waals surface area contributed by atoms with Crippen LogP contribution in [0.4, 0.5) is 0 Å². The van der Waals surface area contributed by atoms with E-state index in [0.29, 0.717) is 43.9 Å². The number of aliphatic hydroxyl groups excluding tert-OH is 2. The van der Waals surface area contributed by atoms with Crippen molar-refractivity contribution in [2.45, 2.75) is 115 Å². The molecule has 1 heterocycles. The lowest BCUT2D eigenvalue weighted by Crippen LogP contribution is -2.68. The van der Waals surface area contributed by atoms with Crippen molar-refractivity contribution in [1.82, 2.24) is 0 Å². The highest BCUT2D eigenvalue weighted by molar-refractivity contribution is 5.98. The third-order valence-electron chi connectivity index (χ3n) is 14.2. The van der Waals surface area contributed by atoms with Gasteiger partial charge in [0.1, 0.15) is 17.5 Å². The van der Waals surface area contributed by atoms with E-state index >= 15 is 0 Å². The summed E-state index contributed by atoms with van der Waals surface area (Å²) in [7, 11) is 0. The molecule has 0 unspecified atom stereocenters. The average molecular weight is 607 g/mol. The highest BCUT2D eigenvalue weighted by Gasteiger charge is 2.76. The maximum Gasteiger partial charge on any atom is 0.162 e. The third-order valence-corrected chi connectivity index (χ3v) is 14.2. The number of carbonyl (C=O) groups excluding carboxylic acids is 1. The van der Waals surface area contributed by atoms with Crippen molar-refractivity contribution in [3.05, 3.63) is 53.6 Å². The quantitative estimate of drug-likeness (QED) is 0.247. The van der Waals surface area contributed by atoms with Crippen LogP contribution in [0.15, 0.2) is 48.1 Å². The van der Waals surface area contributed by atoms with E-state index in [9.17, 15) is 30.3 Å². The average Bonchev–Trinajstić information content (AvgIpc) is 3.73. The number of phenolic OH excluding ortho intramolecular Hbond substituents is 1. The van der Waals surface area contributed by atoms with Crippen LogP contribution in [0.3, 0.4) is 0 Å². The predicted octanol–water partition coefficient (Wildman–Crippen LogP) is 4.49. The van der Waals surface area contributed by atoms with Gasteiger partial charge in [0.15, 0.2) is 5.78 Å². The number of rotatable bonds is 5. The van der Waals surface area contributed by atoms with Gasteiger partial charge in [-0.05, 0) is 109 Å². The van der Waals surface area contributed by atoms with Gasteiger partial charge in [-0.2, -0.15) is 0 Å². The van der Waals surface area contributed by atoms with Crippen LogP contribution in [0.25, 0.3) is 0 Å². The van der Waals surface area contributed by atoms with Gasteiger partial charge in [-0.3, -0.25) is 4.79 Å². The number of ketones is 1. The molecule has 0 radical (unpaired) electrons. The van der Waals surface area contributed by atoms with Crippen molar-refractivity contribution in [2.24, 2.45) is 45.8 Å². The molecule has 0 spiro atoms. The molecular formula is C37H50O7. The van der Waals surface area contributed by atoms with Gasteiger partial charge in [-0.25, -0.2) is 0 Å². The number of fused-ring (bicyclic) bond motifs is 4. The molecule has 0 amide bonds. The largest absolute Gasteiger partial charge is 0.508 e. The third kappa shape index (κ3) is 3.83. The minimum absolute atomic E-state index is 0.0105. The summed E-state index contributed by atoms with van der Waals surface area (Å²) in [6.45, 7) is 10.8. The molecule has 0 bridgehead atoms. The molecule has 5 N–H and O–H groups in total. The van der Waals surface area contributed by atoms with Crippen LogP contribution < -0.4 is 0 Å². The Balaban J connectivity index is 1.32. The molecule has 3 saturated carbocycles. The summed E-state index contributed by atoms with van der Waals surface area (Å²) >= 11 is 0. The van der Waals surface area contributed by atoms with E-state index in [1.54, 1.807) is 18.2 Å². The van der Waals surface area contributed by atoms with Crippen LogP contribution in [-0.2, 0) is 16.0 Å². The van der Waals surface area contributed by atoms with Crippen LogP contribution in [0.2, 0.25) is 0 Å². The molecule has 6 aliphatic rings. The van der Waals surface area contributed by atoms with Gasteiger partial charge in [0.2, 0.25) is 0 Å². The summed E-state index contributed by atoms with van der Waals surface area (Å²) in [4.78, 5) is 14.6. The summed E-state index contributed by atoms with van der Waals surface area (Å²) in [5.74, 6) is 0.334. The Hall–Kier alpha value is -2.03. The normalized spacial score (nSPS) is 49.9. The van der Waals surface area contributed by atoms with E-state index in [2.05, 4.69) is 46.8 Å². The summed E-state index contributed by atoms with van der Waals surface area (Å²) in [6.07, 6.45) is 6.74. The molecule has 1 aromatic carbocycles. The highest BCUT2D eigenvalue weighted by atomic mass is 16.6. The number of phenols is 1. The van der Waals surface area contributed by atoms with Crippen LogP contribution in [0.1, 0.15) is 78.7 Å². The zero-order valence-electron chi connectivity index (χ0n) is 26.7. The Morgan fingerprint density at radius 3 is 2.39 bits per heavy atom. The van der Waals surface area contributed by atoms with E-state index in [1.165, 1.54) is 0 Å². The first-order chi connectivity index (χ1) is 20.6. The van der Waals surface area contributed by atoms with Gasteiger partial charge >= 0.3 is 0 Å². The molecule has 7 heteroatoms. The van der Waals surface area contributed by atoms with E-state index in [-0.39, 0.29) is 54.3 Å². The number of ether oxygens (including phenoxy) is 1. The summed E-state index contributed by atoms with van der Waals surface area (Å²) in [5.41, 5.74) is -3.18. The first-order valence-corrected chi connectivity index (χ1v) is 16.8. The number of aliphatic hydroxyl groups is 4. The van der Waals surface area contributed by atoms with Gasteiger partial charge in [0.05, 0.1) is 23.9 Å². The molecule has 4 fully saturated rings. The van der Waals surface area contributed by atoms with E-state index in [0.717, 1.165) is 11.1 Å². The first-order valence-electron chi connectivity index (χ1n) is 16.8. The fourth-order valence-corrected chi connectivity index (χ4v) is 11.2. The van der Waals surface area contributed by atoms with Gasteiger partial charge < -0.3 is 30.3 Å². The Morgan fingerprint density at radius 2 is 1.70 bits per heavy atom. The van der Waals surface area contributed by atoms with E-state index in [1.807, 2.05) is 12.1 Å². The minimum Gasteiger partial charge on any atom is -0.508 e. The Kier molecular flexibility index (Phi) is 6.78. The highest BCUT2D eigenvalue weighted by Crippen LogP contribution is 2.74. The van der Waals surface area contributed by atoms with Crippen molar-refractivity contribution < 1.29 is 35.1 Å². The van der Waals surface area contributed by atoms with Gasteiger partial charge in [0, 0.05) is 10.8 Å². The SMILES string of the molecule is CC(C)[C@@H](C)[C@@H]1O[C@H]1[C@@]1(O)CC=C[C@@H]2C[C@H]3C(=CC(=O)[C@]4(Cc5ccc(O)cc5)C[C@@H](O)[C@@H](O)C[C@]34C)[C@]3(O)CC[C@H]1[C@@]23C. The number of benzene rings is 1. The van der Waals surface area contributed by atoms with Gasteiger partial charge in [0.25, 0.3) is 0 Å². The molecule has 13 atom stereocenters. The second-order valence-electron chi connectivity index (χ2n) is 16.2. The van der Waals surface area contributed by atoms with E-state index < -0.39 is 39.7 Å². The van der Waals surface area contributed by atoms with Crippen molar-refractivity contribution in [3.8, 4) is 5.75 Å². The number of carbonyl (C=O) groups is 1. The zero-order chi connectivity index (χ0) is 31.6. The molecule has 1 aromatic rings. The fourth-order valence-electron chi connectivity index (χ4n) is 11.2. The number of hydrogen-bond acceptors (Lipinski definition) is 7. The maximum absolute atomic E-state index is 14.6. The predicted molar refractivity (Wildman–Crippen MR) is 165 cm³/mol. The molecular weight excluding hydrogens is 556 g/mol. The number of allylic oxidation sites excluding steroid dienone is 2. The summed E-state index contributed by atoms with van der Waals surface area (Å²) in [5, 5.41) is 57.5.